The van der Waals surface area contributed by atoms with Crippen molar-refractivity contribution in [2.45, 2.75) is 58.9 Å². The van der Waals surface area contributed by atoms with Gasteiger partial charge in [-0.25, -0.2) is 0 Å². The van der Waals surface area contributed by atoms with Crippen molar-refractivity contribution in [2.75, 3.05) is 4.90 Å². The van der Waals surface area contributed by atoms with Crippen molar-refractivity contribution in [2.24, 2.45) is 10.9 Å². The van der Waals surface area contributed by atoms with Crippen molar-refractivity contribution >= 4 is 29.1 Å². The molecule has 5 rings (SSSR count). The number of benzene rings is 3. The molecule has 3 nitrogen and oxygen atoms in total. The Balaban J connectivity index is 1.44. The number of rotatable bonds is 6. The maximum Gasteiger partial charge on any atom is 0.230 e. The lowest BCUT2D eigenvalue weighted by Crippen LogP contribution is -2.36. The Hall–Kier alpha value is -3.46. The van der Waals surface area contributed by atoms with E-state index in [1.807, 2.05) is 55.5 Å². The largest absolute Gasteiger partial charge is 0.308 e. The Bertz CT molecular complexity index is 1300. The molecule has 1 heterocycles. The fourth-order valence-electron chi connectivity index (χ4n) is 5.23. The molecule has 1 aliphatic heterocycles. The van der Waals surface area contributed by atoms with E-state index < -0.39 is 6.52 Å². The van der Waals surface area contributed by atoms with Crippen LogP contribution in [0, 0.1) is 5.92 Å². The average molecular weight is 464 g/mol. The summed E-state index contributed by atoms with van der Waals surface area (Å²) in [5.41, 5.74) is 8.39. The van der Waals surface area contributed by atoms with Crippen molar-refractivity contribution < 1.29 is 6.17 Å². The highest BCUT2D eigenvalue weighted by atomic mass is 16.2. The third-order valence-corrected chi connectivity index (χ3v) is 7.06. The molecule has 0 N–H and O–H groups in total. The molecule has 1 aliphatic carbocycles. The van der Waals surface area contributed by atoms with E-state index in [1.54, 1.807) is 4.90 Å². The number of aliphatic imine (C=N–C) groups is 1. The van der Waals surface area contributed by atoms with Gasteiger partial charge < -0.3 is 4.90 Å². The van der Waals surface area contributed by atoms with Gasteiger partial charge in [0.2, 0.25) is 5.91 Å². The molecule has 0 spiro atoms. The lowest BCUT2D eigenvalue weighted by Gasteiger charge is -2.30. The first-order valence-electron chi connectivity index (χ1n) is 13.4. The van der Waals surface area contributed by atoms with Gasteiger partial charge in [-0.05, 0) is 78.8 Å². The second-order valence-corrected chi connectivity index (χ2v) is 9.76. The van der Waals surface area contributed by atoms with Gasteiger partial charge in [0, 0.05) is 23.7 Å². The van der Waals surface area contributed by atoms with Gasteiger partial charge >= 0.3 is 0 Å². The molecule has 1 unspecified atom stereocenters. The fourth-order valence-corrected chi connectivity index (χ4v) is 5.23. The van der Waals surface area contributed by atoms with Crippen molar-refractivity contribution in [3.05, 3.63) is 89.5 Å². The minimum absolute atomic E-state index is 0.00617. The van der Waals surface area contributed by atoms with Crippen molar-refractivity contribution in [3.63, 3.8) is 0 Å². The third-order valence-electron chi connectivity index (χ3n) is 7.06. The molecule has 3 aromatic carbocycles. The molecule has 0 radical (unpaired) electrons. The van der Waals surface area contributed by atoms with Crippen molar-refractivity contribution in [1.29, 1.82) is 0 Å². The summed E-state index contributed by atoms with van der Waals surface area (Å²) >= 11 is 0. The zero-order valence-corrected chi connectivity index (χ0v) is 20.7. The third kappa shape index (κ3) is 5.30. The molecule has 1 fully saturated rings. The van der Waals surface area contributed by atoms with Gasteiger partial charge in [-0.3, -0.25) is 9.79 Å². The molecule has 3 heteroatoms. The van der Waals surface area contributed by atoms with E-state index >= 15 is 0 Å². The smallest absolute Gasteiger partial charge is 0.230 e. The van der Waals surface area contributed by atoms with Gasteiger partial charge in [0.25, 0.3) is 0 Å². The molecule has 0 aromatic heterocycles. The second-order valence-electron chi connectivity index (χ2n) is 9.76. The number of hydrogen-bond acceptors (Lipinski definition) is 2. The van der Waals surface area contributed by atoms with E-state index in [9.17, 15) is 6.17 Å². The number of hydrogen-bond donors (Lipinski definition) is 0. The lowest BCUT2D eigenvalue weighted by molar-refractivity contribution is -0.123. The molecule has 1 atom stereocenters. The molecule has 1 saturated carbocycles. The van der Waals surface area contributed by atoms with Gasteiger partial charge in [0.1, 0.15) is 0 Å². The number of carbonyl (C=O) groups is 1. The van der Waals surface area contributed by atoms with E-state index in [2.05, 4.69) is 42.2 Å². The molecule has 1 amide bonds. The summed E-state index contributed by atoms with van der Waals surface area (Å²) < 4.78 is 9.20. The number of fused-ring (bicyclic) bond motifs is 1. The number of allylic oxidation sites excluding steroid dienone is 1. The van der Waals surface area contributed by atoms with Crippen LogP contribution < -0.4 is 4.90 Å². The number of nitrogens with zero attached hydrogens (tertiary/aromatic N) is 2. The molecule has 0 bridgehead atoms. The minimum Gasteiger partial charge on any atom is -0.308 e. The first-order chi connectivity index (χ1) is 17.5. The predicted molar refractivity (Wildman–Crippen MR) is 147 cm³/mol. The minimum atomic E-state index is -0.801. The summed E-state index contributed by atoms with van der Waals surface area (Å²) in [5.74, 6) is 0.0683. The Labute approximate surface area is 210 Å². The fraction of sp³-hybridized carbons (Fsp3) is 0.312. The monoisotopic (exact) mass is 463 g/mol. The molecular weight excluding hydrogens is 428 g/mol. The normalized spacial score (nSPS) is 17.1. The van der Waals surface area contributed by atoms with Crippen LogP contribution >= 0.6 is 0 Å². The summed E-state index contributed by atoms with van der Waals surface area (Å²) in [6.45, 7) is 3.25. The molecule has 0 saturated heterocycles. The van der Waals surface area contributed by atoms with E-state index in [1.165, 1.54) is 12.0 Å². The van der Waals surface area contributed by atoms with Gasteiger partial charge in [0.15, 0.2) is 0 Å². The van der Waals surface area contributed by atoms with Crippen LogP contribution in [0.1, 0.15) is 64.0 Å². The van der Waals surface area contributed by atoms with Crippen LogP contribution in [0.4, 0.5) is 11.4 Å². The highest BCUT2D eigenvalue weighted by Gasteiger charge is 2.27. The summed E-state index contributed by atoms with van der Waals surface area (Å²) in [6.07, 6.45) is 10.1. The van der Waals surface area contributed by atoms with Crippen LogP contribution in [-0.2, 0) is 17.7 Å². The van der Waals surface area contributed by atoms with Crippen LogP contribution in [0.3, 0.4) is 0 Å². The van der Waals surface area contributed by atoms with Gasteiger partial charge in [-0.15, -0.1) is 0 Å². The van der Waals surface area contributed by atoms with Crippen LogP contribution in [0.2, 0.25) is 0 Å². The Morgan fingerprint density at radius 1 is 1.03 bits per heavy atom. The molecule has 3 aromatic rings. The molecule has 2 aliphatic rings. The van der Waals surface area contributed by atoms with Crippen LogP contribution in [0.15, 0.2) is 77.8 Å². The summed E-state index contributed by atoms with van der Waals surface area (Å²) in [7, 11) is 0. The number of amides is 1. The maximum absolute atomic E-state index is 13.8. The first kappa shape index (κ1) is 22.0. The zero-order chi connectivity index (χ0) is 25.1. The van der Waals surface area contributed by atoms with Gasteiger partial charge in [-0.2, -0.15) is 0 Å². The Kier molecular flexibility index (Phi) is 6.57. The Morgan fingerprint density at radius 3 is 2.57 bits per heavy atom. The number of anilines is 1. The topological polar surface area (TPSA) is 32.7 Å². The van der Waals surface area contributed by atoms with E-state index in [0.717, 1.165) is 71.4 Å². The highest BCUT2D eigenvalue weighted by molar-refractivity contribution is 5.95. The maximum atomic E-state index is 13.8. The SMILES string of the molecule is [2H]C(c1ccc(-c2ccc3c(c2)CC(C)=N3)cc1)N(C(=O)C1CCCCC1)c1cccc(/C=C/C)c1. The quantitative estimate of drug-likeness (QED) is 0.363. The molecular formula is C32H34N2O. The average Bonchev–Trinajstić information content (AvgIpc) is 3.29. The van der Waals surface area contributed by atoms with Crippen LogP contribution in [0.5, 0.6) is 0 Å². The van der Waals surface area contributed by atoms with E-state index in [-0.39, 0.29) is 11.8 Å². The second kappa shape index (κ2) is 10.4. The van der Waals surface area contributed by atoms with E-state index in [4.69, 9.17) is 0 Å². The highest BCUT2D eigenvalue weighted by Crippen LogP contribution is 2.32. The summed E-state index contributed by atoms with van der Waals surface area (Å²) in [6, 6.07) is 22.5. The lowest BCUT2D eigenvalue weighted by atomic mass is 9.88. The zero-order valence-electron chi connectivity index (χ0n) is 21.7. The molecule has 35 heavy (non-hydrogen) atoms. The molecule has 178 valence electrons. The van der Waals surface area contributed by atoms with Crippen molar-refractivity contribution in [3.8, 4) is 11.1 Å². The predicted octanol–water partition coefficient (Wildman–Crippen LogP) is 8.15. The van der Waals surface area contributed by atoms with E-state index in [0.29, 0.717) is 0 Å². The Morgan fingerprint density at radius 2 is 1.80 bits per heavy atom. The summed E-state index contributed by atoms with van der Waals surface area (Å²) in [4.78, 5) is 20.1. The number of carbonyl (C=O) groups excluding carboxylic acids is 1. The summed E-state index contributed by atoms with van der Waals surface area (Å²) in [5, 5.41) is 0. The van der Waals surface area contributed by atoms with Crippen LogP contribution in [-0.4, -0.2) is 11.6 Å². The van der Waals surface area contributed by atoms with Gasteiger partial charge in [-0.1, -0.05) is 73.9 Å². The van der Waals surface area contributed by atoms with Gasteiger partial charge in [0.05, 0.1) is 13.6 Å². The first-order valence-corrected chi connectivity index (χ1v) is 12.8. The standard InChI is InChI=1S/C32H34N2O/c1-3-8-24-9-7-12-30(20-24)34(32(35)27-10-5-4-6-11-27)22-25-13-15-26(16-14-25)28-17-18-31-29(21-28)19-23(2)33-31/h3,7-9,12-18,20-21,27H,4-6,10-11,19,22H2,1-2H3/b8-3+/i22D. The van der Waals surface area contributed by atoms with Crippen molar-refractivity contribution in [1.82, 2.24) is 0 Å². The van der Waals surface area contributed by atoms with Crippen LogP contribution in [0.25, 0.3) is 17.2 Å².